The normalized spacial score (nSPS) is 18.6. The first-order valence-corrected chi connectivity index (χ1v) is 8.13. The lowest BCUT2D eigenvalue weighted by Crippen LogP contribution is -2.53. The first-order chi connectivity index (χ1) is 9.84. The van der Waals surface area contributed by atoms with Crippen molar-refractivity contribution in [2.45, 2.75) is 59.3 Å². The largest absolute Gasteiger partial charge is 0.463 e. The number of nitrogens with one attached hydrogen (secondary N) is 1. The van der Waals surface area contributed by atoms with Gasteiger partial charge in [0.1, 0.15) is 11.5 Å². The number of rotatable bonds is 5. The zero-order valence-corrected chi connectivity index (χ0v) is 14.3. The molecule has 1 aromatic rings. The molecule has 0 amide bonds. The van der Waals surface area contributed by atoms with Crippen LogP contribution >= 0.6 is 0 Å². The third kappa shape index (κ3) is 5.13. The minimum Gasteiger partial charge on any atom is -0.463 e. The Hall–Kier alpha value is -0.840. The van der Waals surface area contributed by atoms with Crippen LogP contribution in [-0.4, -0.2) is 47.6 Å². The Labute approximate surface area is 129 Å². The molecule has 1 aliphatic rings. The topological polar surface area (TPSA) is 31.6 Å². The van der Waals surface area contributed by atoms with Crippen LogP contribution in [-0.2, 0) is 13.1 Å². The molecule has 1 fully saturated rings. The fourth-order valence-electron chi connectivity index (χ4n) is 2.70. The standard InChI is InChI=1S/C17H31N3O/c1-14(2)18-12-15-6-7-16(21-15)13-19-8-10-20(11-9-19)17(3,4)5/h6-7,14,18H,8-13H2,1-5H3. The molecule has 2 heterocycles. The zero-order valence-electron chi connectivity index (χ0n) is 14.3. The van der Waals surface area contributed by atoms with E-state index in [1.54, 1.807) is 0 Å². The molecule has 0 radical (unpaired) electrons. The Morgan fingerprint density at radius 2 is 1.71 bits per heavy atom. The van der Waals surface area contributed by atoms with Gasteiger partial charge in [0.05, 0.1) is 13.1 Å². The molecule has 4 nitrogen and oxygen atoms in total. The summed E-state index contributed by atoms with van der Waals surface area (Å²) in [5, 5.41) is 3.39. The van der Waals surface area contributed by atoms with E-state index >= 15 is 0 Å². The lowest BCUT2D eigenvalue weighted by Gasteiger charge is -2.42. The molecule has 0 atom stereocenters. The summed E-state index contributed by atoms with van der Waals surface area (Å²) >= 11 is 0. The Morgan fingerprint density at radius 3 is 2.29 bits per heavy atom. The lowest BCUT2D eigenvalue weighted by atomic mass is 10.1. The van der Waals surface area contributed by atoms with Crippen molar-refractivity contribution in [1.82, 2.24) is 15.1 Å². The summed E-state index contributed by atoms with van der Waals surface area (Å²) in [6.45, 7) is 17.5. The third-order valence-corrected chi connectivity index (χ3v) is 4.10. The molecule has 1 N–H and O–H groups in total. The summed E-state index contributed by atoms with van der Waals surface area (Å²) in [6, 6.07) is 4.70. The van der Waals surface area contributed by atoms with Gasteiger partial charge in [-0.15, -0.1) is 0 Å². The fraction of sp³-hybridized carbons (Fsp3) is 0.765. The smallest absolute Gasteiger partial charge is 0.118 e. The molecule has 0 aliphatic carbocycles. The van der Waals surface area contributed by atoms with Crippen LogP contribution in [0.4, 0.5) is 0 Å². The Bertz CT molecular complexity index is 425. The second-order valence-corrected chi connectivity index (χ2v) is 7.34. The first-order valence-electron chi connectivity index (χ1n) is 8.13. The summed E-state index contributed by atoms with van der Waals surface area (Å²) in [5.74, 6) is 2.12. The molecular formula is C17H31N3O. The SMILES string of the molecule is CC(C)NCc1ccc(CN2CCN(C(C)(C)C)CC2)o1. The minimum absolute atomic E-state index is 0.284. The van der Waals surface area contributed by atoms with Crippen molar-refractivity contribution in [3.8, 4) is 0 Å². The van der Waals surface area contributed by atoms with Crippen molar-refractivity contribution in [3.63, 3.8) is 0 Å². The number of nitrogens with zero attached hydrogens (tertiary/aromatic N) is 2. The van der Waals surface area contributed by atoms with E-state index in [0.717, 1.165) is 50.8 Å². The van der Waals surface area contributed by atoms with E-state index in [-0.39, 0.29) is 5.54 Å². The van der Waals surface area contributed by atoms with Crippen LogP contribution in [0.15, 0.2) is 16.5 Å². The minimum atomic E-state index is 0.284. The second kappa shape index (κ2) is 6.95. The predicted octanol–water partition coefficient (Wildman–Crippen LogP) is 2.69. The fourth-order valence-corrected chi connectivity index (χ4v) is 2.70. The Kier molecular flexibility index (Phi) is 5.47. The van der Waals surface area contributed by atoms with Crippen LogP contribution < -0.4 is 5.32 Å². The zero-order chi connectivity index (χ0) is 15.5. The molecule has 1 aromatic heterocycles. The molecule has 1 saturated heterocycles. The highest BCUT2D eigenvalue weighted by Gasteiger charge is 2.25. The molecule has 0 spiro atoms. The molecule has 0 aromatic carbocycles. The predicted molar refractivity (Wildman–Crippen MR) is 87.3 cm³/mol. The maximum absolute atomic E-state index is 5.91. The van der Waals surface area contributed by atoms with E-state index in [1.807, 2.05) is 0 Å². The van der Waals surface area contributed by atoms with Crippen molar-refractivity contribution in [1.29, 1.82) is 0 Å². The van der Waals surface area contributed by atoms with Crippen molar-refractivity contribution in [2.75, 3.05) is 26.2 Å². The van der Waals surface area contributed by atoms with E-state index in [2.05, 4.69) is 61.9 Å². The summed E-state index contributed by atoms with van der Waals surface area (Å²) in [4.78, 5) is 5.05. The lowest BCUT2D eigenvalue weighted by molar-refractivity contribution is 0.0561. The number of furan rings is 1. The number of hydrogen-bond acceptors (Lipinski definition) is 4. The summed E-state index contributed by atoms with van der Waals surface area (Å²) in [5.41, 5.74) is 0.284. The van der Waals surface area contributed by atoms with E-state index < -0.39 is 0 Å². The van der Waals surface area contributed by atoms with Gasteiger partial charge in [-0.05, 0) is 32.9 Å². The van der Waals surface area contributed by atoms with Gasteiger partial charge in [0.2, 0.25) is 0 Å². The average Bonchev–Trinajstić information content (AvgIpc) is 2.83. The van der Waals surface area contributed by atoms with Gasteiger partial charge in [-0.3, -0.25) is 9.80 Å². The van der Waals surface area contributed by atoms with E-state index in [1.165, 1.54) is 0 Å². The highest BCUT2D eigenvalue weighted by molar-refractivity contribution is 5.07. The van der Waals surface area contributed by atoms with E-state index in [0.29, 0.717) is 6.04 Å². The number of piperazine rings is 1. The summed E-state index contributed by atoms with van der Waals surface area (Å²) in [7, 11) is 0. The van der Waals surface area contributed by atoms with Gasteiger partial charge in [-0.25, -0.2) is 0 Å². The molecule has 120 valence electrons. The molecule has 0 bridgehead atoms. The molecule has 0 saturated carbocycles. The maximum Gasteiger partial charge on any atom is 0.118 e. The molecular weight excluding hydrogens is 262 g/mol. The highest BCUT2D eigenvalue weighted by Crippen LogP contribution is 2.18. The highest BCUT2D eigenvalue weighted by atomic mass is 16.3. The molecule has 1 aliphatic heterocycles. The van der Waals surface area contributed by atoms with Crippen molar-refractivity contribution in [2.24, 2.45) is 0 Å². The van der Waals surface area contributed by atoms with Crippen molar-refractivity contribution < 1.29 is 4.42 Å². The summed E-state index contributed by atoms with van der Waals surface area (Å²) < 4.78 is 5.91. The van der Waals surface area contributed by atoms with E-state index in [9.17, 15) is 0 Å². The second-order valence-electron chi connectivity index (χ2n) is 7.34. The van der Waals surface area contributed by atoms with E-state index in [4.69, 9.17) is 4.42 Å². The van der Waals surface area contributed by atoms with Crippen LogP contribution in [0.5, 0.6) is 0 Å². The third-order valence-electron chi connectivity index (χ3n) is 4.10. The van der Waals surface area contributed by atoms with Gasteiger partial charge in [0.15, 0.2) is 0 Å². The van der Waals surface area contributed by atoms with Gasteiger partial charge in [0, 0.05) is 37.8 Å². The van der Waals surface area contributed by atoms with Crippen molar-refractivity contribution >= 4 is 0 Å². The van der Waals surface area contributed by atoms with Gasteiger partial charge >= 0.3 is 0 Å². The Balaban J connectivity index is 1.78. The molecule has 4 heteroatoms. The first kappa shape index (κ1) is 16.5. The van der Waals surface area contributed by atoms with Gasteiger partial charge in [-0.2, -0.15) is 0 Å². The summed E-state index contributed by atoms with van der Waals surface area (Å²) in [6.07, 6.45) is 0. The molecule has 2 rings (SSSR count). The Morgan fingerprint density at radius 1 is 1.10 bits per heavy atom. The molecule has 21 heavy (non-hydrogen) atoms. The van der Waals surface area contributed by atoms with Crippen molar-refractivity contribution in [3.05, 3.63) is 23.7 Å². The molecule has 0 unspecified atom stereocenters. The quantitative estimate of drug-likeness (QED) is 0.904. The van der Waals surface area contributed by atoms with Crippen LogP contribution in [0.1, 0.15) is 46.1 Å². The van der Waals surface area contributed by atoms with Crippen LogP contribution in [0.3, 0.4) is 0 Å². The maximum atomic E-state index is 5.91. The van der Waals surface area contributed by atoms with Crippen LogP contribution in [0.2, 0.25) is 0 Å². The number of hydrogen-bond donors (Lipinski definition) is 1. The van der Waals surface area contributed by atoms with Gasteiger partial charge in [-0.1, -0.05) is 13.8 Å². The van der Waals surface area contributed by atoms with Crippen LogP contribution in [0, 0.1) is 0 Å². The van der Waals surface area contributed by atoms with Crippen LogP contribution in [0.25, 0.3) is 0 Å². The van der Waals surface area contributed by atoms with Gasteiger partial charge in [0.25, 0.3) is 0 Å². The van der Waals surface area contributed by atoms with Gasteiger partial charge < -0.3 is 9.73 Å². The average molecular weight is 293 g/mol. The monoisotopic (exact) mass is 293 g/mol.